The van der Waals surface area contributed by atoms with Crippen molar-refractivity contribution in [3.05, 3.63) is 83.4 Å². The number of benzene rings is 3. The molecule has 0 heterocycles. The van der Waals surface area contributed by atoms with Gasteiger partial charge < -0.3 is 5.11 Å². The van der Waals surface area contributed by atoms with Crippen LogP contribution in [0.2, 0.25) is 0 Å². The normalized spacial score (nSPS) is 12.5. The van der Waals surface area contributed by atoms with Crippen molar-refractivity contribution >= 4 is 10.8 Å². The Bertz CT molecular complexity index is 728. The van der Waals surface area contributed by atoms with Gasteiger partial charge >= 0.3 is 0 Å². The van der Waals surface area contributed by atoms with Crippen LogP contribution in [0.4, 0.5) is 0 Å². The quantitative estimate of drug-likeness (QED) is 0.753. The molecule has 0 saturated heterocycles. The first-order chi connectivity index (χ1) is 10.2. The summed E-state index contributed by atoms with van der Waals surface area (Å²) in [7, 11) is 0. The molecule has 0 radical (unpaired) electrons. The van der Waals surface area contributed by atoms with E-state index >= 15 is 0 Å². The highest BCUT2D eigenvalue weighted by Crippen LogP contribution is 2.17. The second-order valence-corrected chi connectivity index (χ2v) is 5.73. The molecular weight excluding hydrogens is 256 g/mol. The fraction of sp³-hybridized carbons (Fsp3) is 0.200. The molecule has 0 amide bonds. The van der Waals surface area contributed by atoms with E-state index in [9.17, 15) is 5.11 Å². The van der Waals surface area contributed by atoms with Gasteiger partial charge in [0.05, 0.1) is 6.10 Å². The molecule has 0 aliphatic rings. The first kappa shape index (κ1) is 13.8. The molecule has 1 nitrogen and oxygen atoms in total. The topological polar surface area (TPSA) is 20.2 Å². The predicted molar refractivity (Wildman–Crippen MR) is 88.5 cm³/mol. The van der Waals surface area contributed by atoms with Crippen molar-refractivity contribution in [3.8, 4) is 0 Å². The van der Waals surface area contributed by atoms with Crippen LogP contribution in [-0.2, 0) is 12.8 Å². The van der Waals surface area contributed by atoms with E-state index in [-0.39, 0.29) is 6.10 Å². The van der Waals surface area contributed by atoms with Crippen LogP contribution in [0.3, 0.4) is 0 Å². The third-order valence-corrected chi connectivity index (χ3v) is 3.88. The molecule has 1 heteroatoms. The van der Waals surface area contributed by atoms with Gasteiger partial charge in [-0.15, -0.1) is 0 Å². The van der Waals surface area contributed by atoms with Crippen LogP contribution in [0.15, 0.2) is 66.7 Å². The maximum Gasteiger partial charge on any atom is 0.0620 e. The Morgan fingerprint density at radius 2 is 1.38 bits per heavy atom. The molecule has 1 unspecified atom stereocenters. The summed E-state index contributed by atoms with van der Waals surface area (Å²) in [4.78, 5) is 0. The lowest BCUT2D eigenvalue weighted by Gasteiger charge is -2.12. The summed E-state index contributed by atoms with van der Waals surface area (Å²) in [6, 6.07) is 23.1. The van der Waals surface area contributed by atoms with Crippen molar-refractivity contribution in [2.45, 2.75) is 25.9 Å². The minimum absolute atomic E-state index is 0.339. The van der Waals surface area contributed by atoms with E-state index in [1.54, 1.807) is 0 Å². The summed E-state index contributed by atoms with van der Waals surface area (Å²) < 4.78 is 0. The van der Waals surface area contributed by atoms with E-state index in [0.29, 0.717) is 12.8 Å². The van der Waals surface area contributed by atoms with Crippen LogP contribution in [0.5, 0.6) is 0 Å². The molecular formula is C20H20O. The lowest BCUT2D eigenvalue weighted by atomic mass is 9.99. The fourth-order valence-corrected chi connectivity index (χ4v) is 2.71. The Balaban J connectivity index is 1.70. The Labute approximate surface area is 125 Å². The van der Waals surface area contributed by atoms with Gasteiger partial charge in [0.2, 0.25) is 0 Å². The third kappa shape index (κ3) is 3.50. The number of aliphatic hydroxyl groups is 1. The maximum atomic E-state index is 10.3. The van der Waals surface area contributed by atoms with Crippen molar-refractivity contribution in [2.75, 3.05) is 0 Å². The van der Waals surface area contributed by atoms with Gasteiger partial charge in [0, 0.05) is 0 Å². The molecule has 0 fully saturated rings. The molecule has 0 spiro atoms. The zero-order chi connectivity index (χ0) is 14.7. The molecule has 3 aromatic carbocycles. The first-order valence-corrected chi connectivity index (χ1v) is 7.42. The van der Waals surface area contributed by atoms with E-state index in [2.05, 4.69) is 67.6 Å². The van der Waals surface area contributed by atoms with Gasteiger partial charge in [0.1, 0.15) is 0 Å². The Morgan fingerprint density at radius 1 is 0.762 bits per heavy atom. The van der Waals surface area contributed by atoms with Gasteiger partial charge in [-0.05, 0) is 41.7 Å². The Kier molecular flexibility index (Phi) is 4.03. The Morgan fingerprint density at radius 3 is 2.14 bits per heavy atom. The van der Waals surface area contributed by atoms with Crippen molar-refractivity contribution in [1.82, 2.24) is 0 Å². The van der Waals surface area contributed by atoms with Crippen LogP contribution >= 0.6 is 0 Å². The van der Waals surface area contributed by atoms with Gasteiger partial charge in [-0.3, -0.25) is 0 Å². The smallest absolute Gasteiger partial charge is 0.0620 e. The number of hydrogen-bond acceptors (Lipinski definition) is 1. The van der Waals surface area contributed by atoms with E-state index < -0.39 is 0 Å². The van der Waals surface area contributed by atoms with Gasteiger partial charge in [0.15, 0.2) is 0 Å². The van der Waals surface area contributed by atoms with Crippen molar-refractivity contribution in [3.63, 3.8) is 0 Å². The van der Waals surface area contributed by atoms with Gasteiger partial charge in [-0.1, -0.05) is 72.3 Å². The maximum absolute atomic E-state index is 10.3. The number of rotatable bonds is 4. The fourth-order valence-electron chi connectivity index (χ4n) is 2.71. The number of hydrogen-bond donors (Lipinski definition) is 1. The second-order valence-electron chi connectivity index (χ2n) is 5.73. The molecule has 0 aliphatic heterocycles. The van der Waals surface area contributed by atoms with Crippen LogP contribution in [0.1, 0.15) is 16.7 Å². The van der Waals surface area contributed by atoms with Crippen molar-refractivity contribution in [2.24, 2.45) is 0 Å². The van der Waals surface area contributed by atoms with Crippen molar-refractivity contribution < 1.29 is 5.11 Å². The van der Waals surface area contributed by atoms with Crippen LogP contribution in [-0.4, -0.2) is 11.2 Å². The third-order valence-electron chi connectivity index (χ3n) is 3.88. The summed E-state index contributed by atoms with van der Waals surface area (Å²) in [5, 5.41) is 12.8. The molecule has 106 valence electrons. The summed E-state index contributed by atoms with van der Waals surface area (Å²) in [5.74, 6) is 0. The average Bonchev–Trinajstić information content (AvgIpc) is 2.49. The lowest BCUT2D eigenvalue weighted by Crippen LogP contribution is -2.13. The first-order valence-electron chi connectivity index (χ1n) is 7.42. The van der Waals surface area contributed by atoms with E-state index in [1.165, 1.54) is 27.5 Å². The van der Waals surface area contributed by atoms with Crippen molar-refractivity contribution in [1.29, 1.82) is 0 Å². The summed E-state index contributed by atoms with van der Waals surface area (Å²) in [5.41, 5.74) is 3.63. The van der Waals surface area contributed by atoms with E-state index in [4.69, 9.17) is 0 Å². The highest BCUT2D eigenvalue weighted by molar-refractivity contribution is 5.82. The molecule has 0 aromatic heterocycles. The molecule has 0 bridgehead atoms. The van der Waals surface area contributed by atoms with Gasteiger partial charge in [0.25, 0.3) is 0 Å². The van der Waals surface area contributed by atoms with Gasteiger partial charge in [-0.25, -0.2) is 0 Å². The molecule has 1 atom stereocenters. The molecule has 0 aliphatic carbocycles. The van der Waals surface area contributed by atoms with Crippen LogP contribution in [0, 0.1) is 6.92 Å². The highest BCUT2D eigenvalue weighted by atomic mass is 16.3. The van der Waals surface area contributed by atoms with Gasteiger partial charge in [-0.2, -0.15) is 0 Å². The second kappa shape index (κ2) is 6.11. The number of fused-ring (bicyclic) bond motifs is 1. The predicted octanol–water partition coefficient (Wildman–Crippen LogP) is 4.29. The van der Waals surface area contributed by atoms with Crippen LogP contribution in [0.25, 0.3) is 10.8 Å². The van der Waals surface area contributed by atoms with E-state index in [1.807, 2.05) is 6.07 Å². The number of aryl methyl sites for hydroxylation is 1. The summed E-state index contributed by atoms with van der Waals surface area (Å²) in [6.07, 6.45) is 1.06. The van der Waals surface area contributed by atoms with Crippen LogP contribution < -0.4 is 0 Å². The average molecular weight is 276 g/mol. The standard InChI is InChI=1S/C20H20O/c1-15-6-8-16(9-7-15)13-20(21)14-17-10-11-18-4-2-3-5-19(18)12-17/h2-12,20-21H,13-14H2,1H3. The summed E-state index contributed by atoms with van der Waals surface area (Å²) >= 11 is 0. The summed E-state index contributed by atoms with van der Waals surface area (Å²) in [6.45, 7) is 2.08. The lowest BCUT2D eigenvalue weighted by molar-refractivity contribution is 0.175. The van der Waals surface area contributed by atoms with E-state index in [0.717, 1.165) is 0 Å². The largest absolute Gasteiger partial charge is 0.392 e. The zero-order valence-electron chi connectivity index (χ0n) is 12.3. The zero-order valence-corrected chi connectivity index (χ0v) is 12.3. The molecule has 3 aromatic rings. The molecule has 21 heavy (non-hydrogen) atoms. The molecule has 1 N–H and O–H groups in total. The monoisotopic (exact) mass is 276 g/mol. The minimum atomic E-state index is -0.339. The molecule has 0 saturated carbocycles. The molecule has 3 rings (SSSR count). The Hall–Kier alpha value is -2.12. The highest BCUT2D eigenvalue weighted by Gasteiger charge is 2.07. The SMILES string of the molecule is Cc1ccc(CC(O)Cc2ccc3ccccc3c2)cc1. The minimum Gasteiger partial charge on any atom is -0.392 e. The number of aliphatic hydroxyl groups excluding tert-OH is 1.